The Bertz CT molecular complexity index is 576. The fraction of sp³-hybridized carbons (Fsp3) is 0.412. The first kappa shape index (κ1) is 15.4. The summed E-state index contributed by atoms with van der Waals surface area (Å²) in [5.74, 6) is 1.13. The van der Waals surface area contributed by atoms with Crippen molar-refractivity contribution in [2.75, 3.05) is 18.4 Å². The Morgan fingerprint density at radius 3 is 2.52 bits per heavy atom. The van der Waals surface area contributed by atoms with Gasteiger partial charge in [-0.3, -0.25) is 0 Å². The van der Waals surface area contributed by atoms with Crippen molar-refractivity contribution in [2.24, 2.45) is 5.73 Å². The molecule has 21 heavy (non-hydrogen) atoms. The molecule has 1 aromatic carbocycles. The predicted molar refractivity (Wildman–Crippen MR) is 88.5 cm³/mol. The van der Waals surface area contributed by atoms with E-state index in [2.05, 4.69) is 55.3 Å². The lowest BCUT2D eigenvalue weighted by atomic mass is 10.1. The molecule has 1 heterocycles. The van der Waals surface area contributed by atoms with Gasteiger partial charge in [-0.05, 0) is 25.8 Å². The topological polar surface area (TPSA) is 63.8 Å². The third-order valence-electron chi connectivity index (χ3n) is 3.37. The molecule has 0 saturated carbocycles. The first-order chi connectivity index (χ1) is 10.1. The second-order valence-corrected chi connectivity index (χ2v) is 5.58. The molecule has 0 aliphatic carbocycles. The van der Waals surface area contributed by atoms with Gasteiger partial charge in [-0.15, -0.1) is 0 Å². The smallest absolute Gasteiger partial charge is 0.159 e. The van der Waals surface area contributed by atoms with Gasteiger partial charge in [0, 0.05) is 12.1 Å². The minimum Gasteiger partial charge on any atom is -0.382 e. The van der Waals surface area contributed by atoms with Crippen molar-refractivity contribution in [1.29, 1.82) is 0 Å². The van der Waals surface area contributed by atoms with Crippen LogP contribution >= 0.6 is 0 Å². The fourth-order valence-electron chi connectivity index (χ4n) is 2.14. The summed E-state index contributed by atoms with van der Waals surface area (Å²) in [6, 6.07) is 8.30. The van der Waals surface area contributed by atoms with Crippen molar-refractivity contribution in [3.05, 3.63) is 41.7 Å². The highest BCUT2D eigenvalue weighted by Gasteiger charge is 2.11. The van der Waals surface area contributed by atoms with Crippen molar-refractivity contribution in [2.45, 2.75) is 33.1 Å². The van der Waals surface area contributed by atoms with Crippen LogP contribution in [0.2, 0.25) is 0 Å². The molecular formula is C17H24N4. The summed E-state index contributed by atoms with van der Waals surface area (Å²) in [6.07, 6.45) is 2.82. The zero-order chi connectivity index (χ0) is 15.2. The number of anilines is 1. The summed E-state index contributed by atoms with van der Waals surface area (Å²) in [7, 11) is 0. The standard InChI is InChI=1S/C17H24N4/c1-12(2)16-15(19-10-4-9-18)11-20-17(21-16)14-7-5-13(3)6-8-14/h5-8,11-12,19H,4,9-10,18H2,1-3H3. The molecular weight excluding hydrogens is 260 g/mol. The lowest BCUT2D eigenvalue weighted by Gasteiger charge is -2.14. The molecule has 0 amide bonds. The minimum atomic E-state index is 0.345. The molecule has 0 fully saturated rings. The van der Waals surface area contributed by atoms with Crippen LogP contribution in [0.4, 0.5) is 5.69 Å². The maximum atomic E-state index is 5.53. The van der Waals surface area contributed by atoms with Crippen LogP contribution < -0.4 is 11.1 Å². The summed E-state index contributed by atoms with van der Waals surface area (Å²) in [5, 5.41) is 3.38. The SMILES string of the molecule is Cc1ccc(-c2ncc(NCCCN)c(C(C)C)n2)cc1. The molecule has 0 radical (unpaired) electrons. The maximum Gasteiger partial charge on any atom is 0.159 e. The van der Waals surface area contributed by atoms with Gasteiger partial charge in [-0.1, -0.05) is 43.7 Å². The molecule has 0 spiro atoms. The summed E-state index contributed by atoms with van der Waals surface area (Å²) in [4.78, 5) is 9.24. The summed E-state index contributed by atoms with van der Waals surface area (Å²) >= 11 is 0. The van der Waals surface area contributed by atoms with Crippen LogP contribution in [-0.2, 0) is 0 Å². The predicted octanol–water partition coefficient (Wildman–Crippen LogP) is 3.34. The Balaban J connectivity index is 2.29. The summed E-state index contributed by atoms with van der Waals surface area (Å²) < 4.78 is 0. The molecule has 0 bridgehead atoms. The molecule has 1 aromatic heterocycles. The Morgan fingerprint density at radius 1 is 1.19 bits per heavy atom. The van der Waals surface area contributed by atoms with Crippen LogP contribution in [-0.4, -0.2) is 23.1 Å². The van der Waals surface area contributed by atoms with Gasteiger partial charge < -0.3 is 11.1 Å². The molecule has 3 N–H and O–H groups in total. The number of aromatic nitrogens is 2. The molecule has 112 valence electrons. The van der Waals surface area contributed by atoms with Crippen LogP contribution in [0.3, 0.4) is 0 Å². The van der Waals surface area contributed by atoms with Crippen LogP contribution in [0.15, 0.2) is 30.5 Å². The first-order valence-corrected chi connectivity index (χ1v) is 7.49. The van der Waals surface area contributed by atoms with Crippen LogP contribution in [0.25, 0.3) is 11.4 Å². The number of benzene rings is 1. The molecule has 2 rings (SSSR count). The lowest BCUT2D eigenvalue weighted by molar-refractivity contribution is 0.809. The van der Waals surface area contributed by atoms with Gasteiger partial charge in [0.2, 0.25) is 0 Å². The fourth-order valence-corrected chi connectivity index (χ4v) is 2.14. The Labute approximate surface area is 126 Å². The molecule has 2 aromatic rings. The van der Waals surface area contributed by atoms with Gasteiger partial charge in [0.15, 0.2) is 5.82 Å². The van der Waals surface area contributed by atoms with Gasteiger partial charge in [0.05, 0.1) is 17.6 Å². The Kier molecular flexibility index (Phi) is 5.28. The van der Waals surface area contributed by atoms with Gasteiger partial charge in [-0.25, -0.2) is 9.97 Å². The maximum absolute atomic E-state index is 5.53. The van der Waals surface area contributed by atoms with Crippen LogP contribution in [0.5, 0.6) is 0 Å². The average molecular weight is 284 g/mol. The number of nitrogens with two attached hydrogens (primary N) is 1. The van der Waals surface area contributed by atoms with Gasteiger partial charge in [0.1, 0.15) is 0 Å². The van der Waals surface area contributed by atoms with Gasteiger partial charge >= 0.3 is 0 Å². The van der Waals surface area contributed by atoms with E-state index < -0.39 is 0 Å². The highest BCUT2D eigenvalue weighted by atomic mass is 15.0. The third-order valence-corrected chi connectivity index (χ3v) is 3.37. The van der Waals surface area contributed by atoms with Crippen LogP contribution in [0, 0.1) is 6.92 Å². The first-order valence-electron chi connectivity index (χ1n) is 7.49. The van der Waals surface area contributed by atoms with E-state index in [0.29, 0.717) is 12.5 Å². The van der Waals surface area contributed by atoms with E-state index in [0.717, 1.165) is 35.7 Å². The number of nitrogens with one attached hydrogen (secondary N) is 1. The highest BCUT2D eigenvalue weighted by molar-refractivity contribution is 5.59. The Morgan fingerprint density at radius 2 is 1.90 bits per heavy atom. The number of aryl methyl sites for hydroxylation is 1. The van der Waals surface area contributed by atoms with Gasteiger partial charge in [-0.2, -0.15) is 0 Å². The van der Waals surface area contributed by atoms with E-state index in [9.17, 15) is 0 Å². The second kappa shape index (κ2) is 7.18. The summed E-state index contributed by atoms with van der Waals surface area (Å²) in [6.45, 7) is 7.91. The highest BCUT2D eigenvalue weighted by Crippen LogP contribution is 2.25. The Hall–Kier alpha value is -1.94. The number of hydrogen-bond donors (Lipinski definition) is 2. The molecule has 0 atom stereocenters. The average Bonchev–Trinajstić information content (AvgIpc) is 2.48. The van der Waals surface area contributed by atoms with Crippen LogP contribution in [0.1, 0.15) is 37.4 Å². The minimum absolute atomic E-state index is 0.345. The van der Waals surface area contributed by atoms with Crippen molar-refractivity contribution in [1.82, 2.24) is 9.97 Å². The van der Waals surface area contributed by atoms with Crippen molar-refractivity contribution in [3.63, 3.8) is 0 Å². The third kappa shape index (κ3) is 4.02. The largest absolute Gasteiger partial charge is 0.382 e. The quantitative estimate of drug-likeness (QED) is 0.799. The normalized spacial score (nSPS) is 10.9. The zero-order valence-corrected chi connectivity index (χ0v) is 13.1. The van der Waals surface area contributed by atoms with Crippen molar-refractivity contribution >= 4 is 5.69 Å². The van der Waals surface area contributed by atoms with E-state index >= 15 is 0 Å². The van der Waals surface area contributed by atoms with E-state index in [4.69, 9.17) is 10.7 Å². The molecule has 0 unspecified atom stereocenters. The monoisotopic (exact) mass is 284 g/mol. The summed E-state index contributed by atoms with van der Waals surface area (Å²) in [5.41, 5.74) is 9.88. The van der Waals surface area contributed by atoms with Gasteiger partial charge in [0.25, 0.3) is 0 Å². The molecule has 0 aliphatic rings. The molecule has 0 aliphatic heterocycles. The zero-order valence-electron chi connectivity index (χ0n) is 13.1. The molecule has 4 nitrogen and oxygen atoms in total. The van der Waals surface area contributed by atoms with E-state index in [-0.39, 0.29) is 0 Å². The van der Waals surface area contributed by atoms with E-state index in [1.165, 1.54) is 5.56 Å². The number of hydrogen-bond acceptors (Lipinski definition) is 4. The van der Waals surface area contributed by atoms with E-state index in [1.807, 2.05) is 6.20 Å². The van der Waals surface area contributed by atoms with E-state index in [1.54, 1.807) is 0 Å². The molecule has 0 saturated heterocycles. The lowest BCUT2D eigenvalue weighted by Crippen LogP contribution is -2.11. The number of nitrogens with zero attached hydrogens (tertiary/aromatic N) is 2. The van der Waals surface area contributed by atoms with Crippen molar-refractivity contribution < 1.29 is 0 Å². The molecule has 4 heteroatoms. The van der Waals surface area contributed by atoms with Crippen molar-refractivity contribution in [3.8, 4) is 11.4 Å². The number of rotatable bonds is 6. The second-order valence-electron chi connectivity index (χ2n) is 5.58.